The van der Waals surface area contributed by atoms with Crippen LogP contribution >= 0.6 is 11.6 Å². The largest absolute Gasteiger partial charge is 0.341 e. The fourth-order valence-electron chi connectivity index (χ4n) is 2.10. The van der Waals surface area contributed by atoms with E-state index in [0.29, 0.717) is 18.0 Å². The minimum Gasteiger partial charge on any atom is -0.341 e. The zero-order chi connectivity index (χ0) is 14.5. The number of aryl methyl sites for hydroxylation is 1. The van der Waals surface area contributed by atoms with Gasteiger partial charge in [0.15, 0.2) is 0 Å². The summed E-state index contributed by atoms with van der Waals surface area (Å²) in [6.07, 6.45) is 0.434. The van der Waals surface area contributed by atoms with Crippen molar-refractivity contribution in [2.45, 2.75) is 19.9 Å². The Labute approximate surface area is 125 Å². The topological polar surface area (TPSA) is 20.3 Å². The third-order valence-corrected chi connectivity index (χ3v) is 3.57. The second kappa shape index (κ2) is 6.58. The molecule has 0 aromatic heterocycles. The van der Waals surface area contributed by atoms with Gasteiger partial charge in [-0.25, -0.2) is 0 Å². The maximum atomic E-state index is 12.2. The molecule has 0 heterocycles. The highest BCUT2D eigenvalue weighted by atomic mass is 35.5. The van der Waals surface area contributed by atoms with Gasteiger partial charge in [-0.1, -0.05) is 48.0 Å². The molecule has 20 heavy (non-hydrogen) atoms. The van der Waals surface area contributed by atoms with Gasteiger partial charge in [-0.05, 0) is 35.7 Å². The van der Waals surface area contributed by atoms with Gasteiger partial charge in [-0.3, -0.25) is 4.79 Å². The molecule has 0 N–H and O–H groups in total. The Morgan fingerprint density at radius 2 is 1.90 bits per heavy atom. The van der Waals surface area contributed by atoms with Crippen LogP contribution in [0.3, 0.4) is 0 Å². The van der Waals surface area contributed by atoms with E-state index in [1.165, 1.54) is 0 Å². The van der Waals surface area contributed by atoms with Crippen molar-refractivity contribution >= 4 is 17.5 Å². The lowest BCUT2D eigenvalue weighted by molar-refractivity contribution is -0.129. The molecule has 2 aromatic carbocycles. The van der Waals surface area contributed by atoms with Crippen molar-refractivity contribution < 1.29 is 4.79 Å². The van der Waals surface area contributed by atoms with E-state index in [0.717, 1.165) is 16.7 Å². The van der Waals surface area contributed by atoms with E-state index in [1.807, 2.05) is 62.5 Å². The molecule has 0 fully saturated rings. The highest BCUT2D eigenvalue weighted by molar-refractivity contribution is 6.30. The van der Waals surface area contributed by atoms with Crippen molar-refractivity contribution in [1.82, 2.24) is 4.90 Å². The standard InChI is InChI=1S/C17H18ClNO/c1-13-6-3-4-8-15(13)11-17(20)19(2)12-14-7-5-9-16(18)10-14/h3-10H,11-12H2,1-2H3. The van der Waals surface area contributed by atoms with Crippen molar-refractivity contribution in [3.05, 3.63) is 70.2 Å². The number of carbonyl (C=O) groups excluding carboxylic acids is 1. The Morgan fingerprint density at radius 3 is 2.60 bits per heavy atom. The van der Waals surface area contributed by atoms with Gasteiger partial charge in [0.05, 0.1) is 6.42 Å². The average Bonchev–Trinajstić information content (AvgIpc) is 2.41. The maximum absolute atomic E-state index is 12.2. The predicted molar refractivity (Wildman–Crippen MR) is 82.8 cm³/mol. The van der Waals surface area contributed by atoms with Crippen LogP contribution in [0.1, 0.15) is 16.7 Å². The molecule has 2 aromatic rings. The van der Waals surface area contributed by atoms with Gasteiger partial charge in [0.25, 0.3) is 0 Å². The van der Waals surface area contributed by atoms with Gasteiger partial charge in [0, 0.05) is 18.6 Å². The number of nitrogens with zero attached hydrogens (tertiary/aromatic N) is 1. The molecule has 0 bridgehead atoms. The number of likely N-dealkylation sites (N-methyl/N-ethyl adjacent to an activating group) is 1. The van der Waals surface area contributed by atoms with Crippen molar-refractivity contribution in [2.24, 2.45) is 0 Å². The molecule has 0 saturated heterocycles. The highest BCUT2D eigenvalue weighted by Gasteiger charge is 2.11. The van der Waals surface area contributed by atoms with Crippen LogP contribution in [0.4, 0.5) is 0 Å². The zero-order valence-electron chi connectivity index (χ0n) is 11.8. The van der Waals surface area contributed by atoms with Gasteiger partial charge in [-0.2, -0.15) is 0 Å². The third-order valence-electron chi connectivity index (χ3n) is 3.34. The molecular formula is C17H18ClNO. The molecule has 104 valence electrons. The number of amides is 1. The summed E-state index contributed by atoms with van der Waals surface area (Å²) in [4.78, 5) is 14.0. The lowest BCUT2D eigenvalue weighted by Crippen LogP contribution is -2.27. The fraction of sp³-hybridized carbons (Fsp3) is 0.235. The van der Waals surface area contributed by atoms with Gasteiger partial charge in [-0.15, -0.1) is 0 Å². The van der Waals surface area contributed by atoms with E-state index in [4.69, 9.17) is 11.6 Å². The van der Waals surface area contributed by atoms with E-state index >= 15 is 0 Å². The smallest absolute Gasteiger partial charge is 0.227 e. The molecule has 2 rings (SSSR count). The summed E-state index contributed by atoms with van der Waals surface area (Å²) in [6.45, 7) is 2.60. The lowest BCUT2D eigenvalue weighted by Gasteiger charge is -2.18. The molecule has 0 radical (unpaired) electrons. The van der Waals surface area contributed by atoms with Crippen molar-refractivity contribution in [3.63, 3.8) is 0 Å². The van der Waals surface area contributed by atoms with Crippen LogP contribution < -0.4 is 0 Å². The van der Waals surface area contributed by atoms with Crippen LogP contribution in [0.2, 0.25) is 5.02 Å². The van der Waals surface area contributed by atoms with Crippen molar-refractivity contribution in [2.75, 3.05) is 7.05 Å². The Hall–Kier alpha value is -1.80. The van der Waals surface area contributed by atoms with Gasteiger partial charge in [0.2, 0.25) is 5.91 Å². The van der Waals surface area contributed by atoms with Crippen LogP contribution in [0, 0.1) is 6.92 Å². The van der Waals surface area contributed by atoms with Crippen molar-refractivity contribution in [3.8, 4) is 0 Å². The second-order valence-corrected chi connectivity index (χ2v) is 5.42. The number of hydrogen-bond acceptors (Lipinski definition) is 1. The summed E-state index contributed by atoms with van der Waals surface area (Å²) in [5, 5.41) is 0.697. The van der Waals surface area contributed by atoms with Gasteiger partial charge >= 0.3 is 0 Å². The van der Waals surface area contributed by atoms with E-state index in [1.54, 1.807) is 4.90 Å². The Balaban J connectivity index is 2.01. The van der Waals surface area contributed by atoms with E-state index in [9.17, 15) is 4.79 Å². The van der Waals surface area contributed by atoms with E-state index in [-0.39, 0.29) is 5.91 Å². The molecule has 0 unspecified atom stereocenters. The first-order valence-electron chi connectivity index (χ1n) is 6.59. The molecule has 0 aliphatic rings. The summed E-state index contributed by atoms with van der Waals surface area (Å²) < 4.78 is 0. The first-order valence-corrected chi connectivity index (χ1v) is 6.97. The molecular weight excluding hydrogens is 270 g/mol. The third kappa shape index (κ3) is 3.84. The Morgan fingerprint density at radius 1 is 1.15 bits per heavy atom. The predicted octanol–water partition coefficient (Wildman–Crippen LogP) is 3.85. The molecule has 0 aliphatic carbocycles. The quantitative estimate of drug-likeness (QED) is 0.836. The fourth-order valence-corrected chi connectivity index (χ4v) is 2.32. The normalized spacial score (nSPS) is 10.3. The van der Waals surface area contributed by atoms with E-state index < -0.39 is 0 Å². The average molecular weight is 288 g/mol. The summed E-state index contributed by atoms with van der Waals surface area (Å²) in [6, 6.07) is 15.6. The zero-order valence-corrected chi connectivity index (χ0v) is 12.5. The van der Waals surface area contributed by atoms with Gasteiger partial charge in [0.1, 0.15) is 0 Å². The van der Waals surface area contributed by atoms with Crippen LogP contribution in [-0.4, -0.2) is 17.9 Å². The maximum Gasteiger partial charge on any atom is 0.227 e. The monoisotopic (exact) mass is 287 g/mol. The SMILES string of the molecule is Cc1ccccc1CC(=O)N(C)Cc1cccc(Cl)c1. The first-order chi connectivity index (χ1) is 9.56. The van der Waals surface area contributed by atoms with Crippen LogP contribution in [-0.2, 0) is 17.8 Å². The number of carbonyl (C=O) groups is 1. The molecule has 2 nitrogen and oxygen atoms in total. The summed E-state index contributed by atoms with van der Waals surface area (Å²) >= 11 is 5.95. The number of hydrogen-bond donors (Lipinski definition) is 0. The molecule has 0 atom stereocenters. The molecule has 1 amide bonds. The first kappa shape index (κ1) is 14.6. The Kier molecular flexibility index (Phi) is 4.80. The number of rotatable bonds is 4. The van der Waals surface area contributed by atoms with Crippen LogP contribution in [0.5, 0.6) is 0 Å². The molecule has 3 heteroatoms. The minimum atomic E-state index is 0.110. The molecule has 0 saturated carbocycles. The second-order valence-electron chi connectivity index (χ2n) is 4.98. The van der Waals surface area contributed by atoms with Gasteiger partial charge < -0.3 is 4.90 Å². The lowest BCUT2D eigenvalue weighted by atomic mass is 10.1. The molecule has 0 aliphatic heterocycles. The number of benzene rings is 2. The number of halogens is 1. The van der Waals surface area contributed by atoms with Crippen LogP contribution in [0.15, 0.2) is 48.5 Å². The highest BCUT2D eigenvalue weighted by Crippen LogP contribution is 2.14. The van der Waals surface area contributed by atoms with Crippen molar-refractivity contribution in [1.29, 1.82) is 0 Å². The summed E-state index contributed by atoms with van der Waals surface area (Å²) in [5.74, 6) is 0.110. The summed E-state index contributed by atoms with van der Waals surface area (Å²) in [5.41, 5.74) is 3.27. The minimum absolute atomic E-state index is 0.110. The van der Waals surface area contributed by atoms with Crippen LogP contribution in [0.25, 0.3) is 0 Å². The molecule has 0 spiro atoms. The Bertz CT molecular complexity index is 609. The summed E-state index contributed by atoms with van der Waals surface area (Å²) in [7, 11) is 1.82. The van der Waals surface area contributed by atoms with E-state index in [2.05, 4.69) is 0 Å².